The first-order valence-corrected chi connectivity index (χ1v) is 8.04. The van der Waals surface area contributed by atoms with Gasteiger partial charge >= 0.3 is 0 Å². The molecule has 0 spiro atoms. The van der Waals surface area contributed by atoms with Crippen LogP contribution in [0, 0.1) is 0 Å². The van der Waals surface area contributed by atoms with Crippen LogP contribution in [-0.2, 0) is 0 Å². The highest BCUT2D eigenvalue weighted by molar-refractivity contribution is 6.30. The maximum absolute atomic E-state index is 6.10. The SMILES string of the molecule is CC(C)c1cnc(N2CC(n3cncn3)C2)c2cnc(Cl)cc12. The second-order valence-corrected chi connectivity index (χ2v) is 6.57. The third-order valence-corrected chi connectivity index (χ3v) is 4.55. The Balaban J connectivity index is 1.70. The molecule has 6 nitrogen and oxygen atoms in total. The van der Waals surface area contributed by atoms with E-state index in [1.54, 1.807) is 12.7 Å². The Hall–Kier alpha value is -2.21. The minimum atomic E-state index is 0.347. The molecule has 0 aliphatic carbocycles. The quantitative estimate of drug-likeness (QED) is 0.691. The van der Waals surface area contributed by atoms with Gasteiger partial charge in [0.25, 0.3) is 0 Å². The van der Waals surface area contributed by atoms with Crippen molar-refractivity contribution in [2.75, 3.05) is 18.0 Å². The predicted molar refractivity (Wildman–Crippen MR) is 89.9 cm³/mol. The van der Waals surface area contributed by atoms with Crippen molar-refractivity contribution in [1.29, 1.82) is 0 Å². The highest BCUT2D eigenvalue weighted by Gasteiger charge is 2.31. The van der Waals surface area contributed by atoms with Gasteiger partial charge in [0.2, 0.25) is 0 Å². The first-order chi connectivity index (χ1) is 11.1. The number of hydrogen-bond acceptors (Lipinski definition) is 5. The first kappa shape index (κ1) is 14.4. The molecule has 118 valence electrons. The summed E-state index contributed by atoms with van der Waals surface area (Å²) in [5.41, 5.74) is 1.20. The molecule has 4 heterocycles. The van der Waals surface area contributed by atoms with E-state index in [1.807, 2.05) is 23.1 Å². The van der Waals surface area contributed by atoms with Crippen LogP contribution >= 0.6 is 11.6 Å². The second-order valence-electron chi connectivity index (χ2n) is 6.18. The molecule has 1 fully saturated rings. The highest BCUT2D eigenvalue weighted by Crippen LogP contribution is 2.35. The summed E-state index contributed by atoms with van der Waals surface area (Å²) in [6, 6.07) is 2.28. The third-order valence-electron chi connectivity index (χ3n) is 4.34. The Morgan fingerprint density at radius 1 is 1.17 bits per heavy atom. The lowest BCUT2D eigenvalue weighted by atomic mass is 9.98. The van der Waals surface area contributed by atoms with E-state index in [0.717, 1.165) is 29.7 Å². The fraction of sp³-hybridized carbons (Fsp3) is 0.375. The number of anilines is 1. The van der Waals surface area contributed by atoms with Gasteiger partial charge in [0.1, 0.15) is 23.6 Å². The first-order valence-electron chi connectivity index (χ1n) is 7.66. The Labute approximate surface area is 139 Å². The number of halogens is 1. The standard InChI is InChI=1S/C16H17ClN6/c1-10(2)13-4-20-16(14-5-19-15(17)3-12(13)14)22-6-11(7-22)23-9-18-8-21-23/h3-5,8-11H,6-7H2,1-2H3. The fourth-order valence-corrected chi connectivity index (χ4v) is 3.19. The number of aromatic nitrogens is 5. The van der Waals surface area contributed by atoms with Gasteiger partial charge in [-0.1, -0.05) is 25.4 Å². The van der Waals surface area contributed by atoms with Crippen molar-refractivity contribution >= 4 is 28.2 Å². The Morgan fingerprint density at radius 2 is 2.00 bits per heavy atom. The van der Waals surface area contributed by atoms with Crippen molar-refractivity contribution in [3.8, 4) is 0 Å². The minimum absolute atomic E-state index is 0.347. The van der Waals surface area contributed by atoms with E-state index in [0.29, 0.717) is 17.1 Å². The van der Waals surface area contributed by atoms with Crippen LogP contribution in [-0.4, -0.2) is 37.8 Å². The number of hydrogen-bond donors (Lipinski definition) is 0. The predicted octanol–water partition coefficient (Wildman–Crippen LogP) is 3.06. The van der Waals surface area contributed by atoms with E-state index in [2.05, 4.69) is 33.8 Å². The van der Waals surface area contributed by atoms with Gasteiger partial charge in [0, 0.05) is 30.9 Å². The van der Waals surface area contributed by atoms with Gasteiger partial charge in [-0.3, -0.25) is 0 Å². The molecule has 0 radical (unpaired) electrons. The van der Waals surface area contributed by atoms with Gasteiger partial charge in [-0.25, -0.2) is 19.6 Å². The van der Waals surface area contributed by atoms with E-state index < -0.39 is 0 Å². The summed E-state index contributed by atoms with van der Waals surface area (Å²) in [6.07, 6.45) is 7.12. The normalized spacial score (nSPS) is 15.4. The average Bonchev–Trinajstić information content (AvgIpc) is 2.99. The molecule has 3 aromatic rings. The van der Waals surface area contributed by atoms with Gasteiger partial charge in [0.05, 0.1) is 6.04 Å². The van der Waals surface area contributed by atoms with Crippen molar-refractivity contribution in [3.05, 3.63) is 41.8 Å². The third kappa shape index (κ3) is 2.43. The number of rotatable bonds is 3. The highest BCUT2D eigenvalue weighted by atomic mass is 35.5. The lowest BCUT2D eigenvalue weighted by Crippen LogP contribution is -2.48. The molecule has 0 unspecified atom stereocenters. The van der Waals surface area contributed by atoms with Crippen molar-refractivity contribution < 1.29 is 0 Å². The molecule has 1 aliphatic heterocycles. The summed E-state index contributed by atoms with van der Waals surface area (Å²) in [4.78, 5) is 15.2. The number of fused-ring (bicyclic) bond motifs is 1. The van der Waals surface area contributed by atoms with Crippen LogP contribution in [0.2, 0.25) is 5.15 Å². The zero-order chi connectivity index (χ0) is 16.0. The van der Waals surface area contributed by atoms with Gasteiger partial charge in [-0.05, 0) is 22.9 Å². The molecule has 0 bridgehead atoms. The molecule has 3 aromatic heterocycles. The Morgan fingerprint density at radius 3 is 2.70 bits per heavy atom. The van der Waals surface area contributed by atoms with Crippen molar-refractivity contribution in [2.45, 2.75) is 25.8 Å². The molecular formula is C16H17ClN6. The molecule has 0 amide bonds. The van der Waals surface area contributed by atoms with Crippen molar-refractivity contribution in [3.63, 3.8) is 0 Å². The van der Waals surface area contributed by atoms with Crippen molar-refractivity contribution in [1.82, 2.24) is 24.7 Å². The molecule has 1 aliphatic rings. The molecule has 23 heavy (non-hydrogen) atoms. The number of pyridine rings is 2. The monoisotopic (exact) mass is 328 g/mol. The second kappa shape index (κ2) is 5.45. The topological polar surface area (TPSA) is 59.7 Å². The minimum Gasteiger partial charge on any atom is -0.352 e. The van der Waals surface area contributed by atoms with Crippen LogP contribution in [0.3, 0.4) is 0 Å². The summed E-state index contributed by atoms with van der Waals surface area (Å²) in [7, 11) is 0. The van der Waals surface area contributed by atoms with Crippen LogP contribution < -0.4 is 4.90 Å². The molecule has 0 atom stereocenters. The van der Waals surface area contributed by atoms with Crippen LogP contribution in [0.5, 0.6) is 0 Å². The molecule has 1 saturated heterocycles. The van der Waals surface area contributed by atoms with E-state index in [-0.39, 0.29) is 0 Å². The van der Waals surface area contributed by atoms with Crippen LogP contribution in [0.25, 0.3) is 10.8 Å². The van der Waals surface area contributed by atoms with Crippen LogP contribution in [0.4, 0.5) is 5.82 Å². The largest absolute Gasteiger partial charge is 0.352 e. The maximum Gasteiger partial charge on any atom is 0.138 e. The van der Waals surface area contributed by atoms with Gasteiger partial charge < -0.3 is 4.90 Å². The molecule has 0 saturated carbocycles. The average molecular weight is 329 g/mol. The van der Waals surface area contributed by atoms with E-state index in [1.165, 1.54) is 5.56 Å². The summed E-state index contributed by atoms with van der Waals surface area (Å²) in [6.45, 7) is 6.06. The van der Waals surface area contributed by atoms with Gasteiger partial charge in [-0.15, -0.1) is 0 Å². The Bertz CT molecular complexity index is 839. The molecule has 0 N–H and O–H groups in total. The van der Waals surface area contributed by atoms with E-state index >= 15 is 0 Å². The lowest BCUT2D eigenvalue weighted by molar-refractivity contribution is 0.366. The summed E-state index contributed by atoms with van der Waals surface area (Å²) < 4.78 is 1.90. The van der Waals surface area contributed by atoms with E-state index in [9.17, 15) is 0 Å². The lowest BCUT2D eigenvalue weighted by Gasteiger charge is -2.40. The zero-order valence-electron chi connectivity index (χ0n) is 13.0. The van der Waals surface area contributed by atoms with Crippen LogP contribution in [0.1, 0.15) is 31.4 Å². The smallest absolute Gasteiger partial charge is 0.138 e. The fourth-order valence-electron chi connectivity index (χ4n) is 3.03. The maximum atomic E-state index is 6.10. The molecule has 7 heteroatoms. The number of nitrogens with zero attached hydrogens (tertiary/aromatic N) is 6. The zero-order valence-corrected chi connectivity index (χ0v) is 13.8. The van der Waals surface area contributed by atoms with Crippen molar-refractivity contribution in [2.24, 2.45) is 0 Å². The molecule has 4 rings (SSSR count). The van der Waals surface area contributed by atoms with Crippen LogP contribution in [0.15, 0.2) is 31.1 Å². The summed E-state index contributed by atoms with van der Waals surface area (Å²) >= 11 is 6.10. The molecule has 0 aromatic carbocycles. The van der Waals surface area contributed by atoms with Gasteiger partial charge in [0.15, 0.2) is 0 Å². The summed E-state index contributed by atoms with van der Waals surface area (Å²) in [5.74, 6) is 1.35. The van der Waals surface area contributed by atoms with E-state index in [4.69, 9.17) is 16.6 Å². The van der Waals surface area contributed by atoms with Gasteiger partial charge in [-0.2, -0.15) is 5.10 Å². The summed E-state index contributed by atoms with van der Waals surface area (Å²) in [5, 5.41) is 6.91. The molecular weight excluding hydrogens is 312 g/mol. The Kier molecular flexibility index (Phi) is 3.41.